The van der Waals surface area contributed by atoms with Gasteiger partial charge in [0, 0.05) is 81.1 Å². The molecule has 1 saturated carbocycles. The second-order valence-corrected chi connectivity index (χ2v) is 14.0. The van der Waals surface area contributed by atoms with Gasteiger partial charge in [-0.05, 0) is 70.1 Å². The summed E-state index contributed by atoms with van der Waals surface area (Å²) in [5, 5.41) is 11.4. The number of ether oxygens (including phenoxy) is 3. The Bertz CT molecular complexity index is 1560. The zero-order valence-electron chi connectivity index (χ0n) is 28.5. The van der Waals surface area contributed by atoms with Gasteiger partial charge in [0.15, 0.2) is 12.1 Å². The Balaban J connectivity index is 0.999. The maximum atomic E-state index is 13.3. The maximum Gasteiger partial charge on any atom is 0.349 e. The minimum Gasteiger partial charge on any atom is -0.435 e. The summed E-state index contributed by atoms with van der Waals surface area (Å²) in [4.78, 5) is 57.4. The number of carbonyl (C=O) groups excluding carboxylic acids is 3. The molecule has 2 amide bonds. The summed E-state index contributed by atoms with van der Waals surface area (Å²) in [6.45, 7) is 10.5. The van der Waals surface area contributed by atoms with Gasteiger partial charge in [-0.1, -0.05) is 13.3 Å². The van der Waals surface area contributed by atoms with Crippen LogP contribution < -0.4 is 10.5 Å². The third-order valence-corrected chi connectivity index (χ3v) is 11.0. The molecule has 1 N–H and O–H groups in total. The van der Waals surface area contributed by atoms with Crippen molar-refractivity contribution in [3.63, 3.8) is 0 Å². The minimum absolute atomic E-state index is 0.0269. The fourth-order valence-corrected chi connectivity index (χ4v) is 8.20. The molecule has 0 spiro atoms. The Morgan fingerprint density at radius 2 is 1.75 bits per heavy atom. The van der Waals surface area contributed by atoms with Crippen LogP contribution in [0.3, 0.4) is 0 Å². The fraction of sp³-hybridized carbons (Fsp3) is 0.667. The van der Waals surface area contributed by atoms with Gasteiger partial charge in [0.05, 0.1) is 6.42 Å². The van der Waals surface area contributed by atoms with Crippen molar-refractivity contribution < 1.29 is 38.1 Å². The summed E-state index contributed by atoms with van der Waals surface area (Å²) >= 11 is 0. The molecule has 4 fully saturated rings. The molecular formula is C36H49N3O9. The average molecular weight is 668 g/mol. The fourth-order valence-electron chi connectivity index (χ4n) is 8.20. The number of fused-ring (bicyclic) bond motifs is 1. The van der Waals surface area contributed by atoms with E-state index in [1.165, 1.54) is 0 Å². The number of piperazine rings is 1. The summed E-state index contributed by atoms with van der Waals surface area (Å²) in [6, 6.07) is 7.19. The first-order valence-corrected chi connectivity index (χ1v) is 17.6. The summed E-state index contributed by atoms with van der Waals surface area (Å²) in [6.07, 6.45) is 3.02. The number of esters is 1. The van der Waals surface area contributed by atoms with Crippen LogP contribution in [-0.2, 0) is 23.8 Å². The molecular weight excluding hydrogens is 618 g/mol. The Kier molecular flexibility index (Phi) is 10.1. The third-order valence-electron chi connectivity index (χ3n) is 11.0. The van der Waals surface area contributed by atoms with Crippen LogP contribution in [0.4, 0.5) is 5.69 Å². The molecule has 4 aliphatic rings. The highest BCUT2D eigenvalue weighted by Crippen LogP contribution is 2.51. The van der Waals surface area contributed by atoms with E-state index in [9.17, 15) is 24.3 Å². The predicted molar refractivity (Wildman–Crippen MR) is 177 cm³/mol. The van der Waals surface area contributed by atoms with E-state index in [0.29, 0.717) is 23.3 Å². The maximum absolute atomic E-state index is 13.3. The summed E-state index contributed by atoms with van der Waals surface area (Å²) in [5.74, 6) is -1.64. The molecule has 48 heavy (non-hydrogen) atoms. The largest absolute Gasteiger partial charge is 0.435 e. The SMILES string of the molecule is CCN(CC)c1ccc2cc(C(=O)N3CCN(C(=O)CCC(=O)OC4OC5OC(C)(O)CCC6CCCC(C4C)C65)CC3)c(=O)oc2c1. The number of benzene rings is 1. The van der Waals surface area contributed by atoms with Crippen molar-refractivity contribution in [3.05, 3.63) is 40.2 Å². The number of amides is 2. The first kappa shape index (κ1) is 34.4. The molecule has 3 aliphatic heterocycles. The van der Waals surface area contributed by atoms with Gasteiger partial charge in [0.25, 0.3) is 5.91 Å². The zero-order valence-corrected chi connectivity index (χ0v) is 28.5. The zero-order chi connectivity index (χ0) is 34.2. The molecule has 1 aromatic heterocycles. The van der Waals surface area contributed by atoms with E-state index in [2.05, 4.69) is 18.7 Å². The van der Waals surface area contributed by atoms with Crippen molar-refractivity contribution in [1.29, 1.82) is 0 Å². The molecule has 4 heterocycles. The highest BCUT2D eigenvalue weighted by atomic mass is 16.8. The summed E-state index contributed by atoms with van der Waals surface area (Å²) in [5.41, 5.74) is 0.651. The minimum atomic E-state index is -1.29. The summed E-state index contributed by atoms with van der Waals surface area (Å²) in [7, 11) is 0. The molecule has 2 aromatic rings. The van der Waals surface area contributed by atoms with Crippen LogP contribution in [0.1, 0.15) is 83.0 Å². The van der Waals surface area contributed by atoms with Crippen LogP contribution in [-0.4, -0.2) is 90.3 Å². The van der Waals surface area contributed by atoms with Crippen molar-refractivity contribution in [3.8, 4) is 0 Å². The van der Waals surface area contributed by atoms with Gasteiger partial charge in [-0.3, -0.25) is 14.4 Å². The normalized spacial score (nSPS) is 30.4. The molecule has 262 valence electrons. The number of hydrogen-bond acceptors (Lipinski definition) is 10. The average Bonchev–Trinajstić information content (AvgIpc) is 3.21. The Morgan fingerprint density at radius 1 is 1.02 bits per heavy atom. The van der Waals surface area contributed by atoms with Crippen molar-refractivity contribution >= 4 is 34.4 Å². The first-order valence-electron chi connectivity index (χ1n) is 17.6. The molecule has 7 atom stereocenters. The lowest BCUT2D eigenvalue weighted by atomic mass is 9.65. The molecule has 6 rings (SSSR count). The van der Waals surface area contributed by atoms with Gasteiger partial charge in [-0.2, -0.15) is 0 Å². The van der Waals surface area contributed by atoms with E-state index < -0.39 is 35.9 Å². The molecule has 0 bridgehead atoms. The molecule has 3 saturated heterocycles. The van der Waals surface area contributed by atoms with E-state index in [0.717, 1.165) is 44.5 Å². The van der Waals surface area contributed by atoms with Gasteiger partial charge in [-0.15, -0.1) is 0 Å². The van der Waals surface area contributed by atoms with Crippen LogP contribution in [0, 0.1) is 23.7 Å². The number of aliphatic hydroxyl groups is 1. The predicted octanol–water partition coefficient (Wildman–Crippen LogP) is 4.12. The Hall–Kier alpha value is -3.48. The third kappa shape index (κ3) is 7.11. The van der Waals surface area contributed by atoms with Gasteiger partial charge >= 0.3 is 11.6 Å². The number of nitrogens with zero attached hydrogens (tertiary/aromatic N) is 3. The van der Waals surface area contributed by atoms with Gasteiger partial charge in [0.1, 0.15) is 11.1 Å². The number of anilines is 1. The van der Waals surface area contributed by atoms with Crippen molar-refractivity contribution in [2.24, 2.45) is 23.7 Å². The monoisotopic (exact) mass is 667 g/mol. The van der Waals surface area contributed by atoms with E-state index >= 15 is 0 Å². The van der Waals surface area contributed by atoms with E-state index in [1.807, 2.05) is 25.1 Å². The van der Waals surface area contributed by atoms with E-state index in [4.69, 9.17) is 18.6 Å². The molecule has 12 nitrogen and oxygen atoms in total. The molecule has 1 aromatic carbocycles. The second kappa shape index (κ2) is 14.2. The van der Waals surface area contributed by atoms with Gasteiger partial charge < -0.3 is 38.4 Å². The van der Waals surface area contributed by atoms with Crippen LogP contribution in [0.15, 0.2) is 33.5 Å². The van der Waals surface area contributed by atoms with Crippen molar-refractivity contribution in [1.82, 2.24) is 9.80 Å². The molecule has 7 unspecified atom stereocenters. The smallest absolute Gasteiger partial charge is 0.349 e. The first-order chi connectivity index (χ1) is 23.0. The molecule has 1 aliphatic carbocycles. The molecule has 0 radical (unpaired) electrons. The lowest BCUT2D eigenvalue weighted by Gasteiger charge is -2.49. The number of rotatable bonds is 8. The number of carbonyl (C=O) groups is 3. The van der Waals surface area contributed by atoms with Crippen LogP contribution in [0.25, 0.3) is 11.0 Å². The topological polar surface area (TPSA) is 139 Å². The lowest BCUT2D eigenvalue weighted by Crippen LogP contribution is -2.53. The van der Waals surface area contributed by atoms with E-state index in [-0.39, 0.29) is 68.2 Å². The second-order valence-electron chi connectivity index (χ2n) is 14.0. The van der Waals surface area contributed by atoms with Crippen molar-refractivity contribution in [2.75, 3.05) is 44.2 Å². The standard InChI is InChI=1S/C36H49N3O9/c1-5-37(6-2)25-11-10-24-20-27(33(43)45-28(24)21-25)32(42)39-18-16-38(17-19-39)29(40)12-13-30(41)46-34-22(3)26-9-7-8-23-14-15-36(4,44)48-35(47-34)31(23)26/h10-11,20-23,26,31,34-35,44H,5-9,12-19H2,1-4H3. The quantitative estimate of drug-likeness (QED) is 0.323. The van der Waals surface area contributed by atoms with Gasteiger partial charge in [-0.25, -0.2) is 4.79 Å². The van der Waals surface area contributed by atoms with Crippen LogP contribution in [0.5, 0.6) is 0 Å². The highest BCUT2D eigenvalue weighted by molar-refractivity contribution is 5.97. The van der Waals surface area contributed by atoms with Gasteiger partial charge in [0.2, 0.25) is 12.2 Å². The van der Waals surface area contributed by atoms with Crippen LogP contribution in [0.2, 0.25) is 0 Å². The van der Waals surface area contributed by atoms with Crippen molar-refractivity contribution in [2.45, 2.75) is 91.0 Å². The van der Waals surface area contributed by atoms with E-state index in [1.54, 1.807) is 22.8 Å². The lowest BCUT2D eigenvalue weighted by molar-refractivity contribution is -0.362. The Morgan fingerprint density at radius 3 is 2.48 bits per heavy atom. The van der Waals surface area contributed by atoms with Crippen LogP contribution >= 0.6 is 0 Å². The summed E-state index contributed by atoms with van der Waals surface area (Å²) < 4.78 is 23.5. The molecule has 12 heteroatoms. The highest BCUT2D eigenvalue weighted by Gasteiger charge is 2.53. The number of hydrogen-bond donors (Lipinski definition) is 1. The Labute approximate surface area is 281 Å².